The lowest BCUT2D eigenvalue weighted by Crippen LogP contribution is -2.52. The largest absolute Gasteiger partial charge is 0.481 e. The number of anilines is 1. The second kappa shape index (κ2) is 5.09. The van der Waals surface area contributed by atoms with E-state index in [0.717, 1.165) is 0 Å². The molecular weight excluding hydrogens is 248 g/mol. The maximum atomic E-state index is 11.8. The molecule has 0 aromatic heterocycles. The van der Waals surface area contributed by atoms with Crippen molar-refractivity contribution in [3.8, 4) is 0 Å². The van der Waals surface area contributed by atoms with Crippen molar-refractivity contribution in [3.63, 3.8) is 0 Å². The van der Waals surface area contributed by atoms with Gasteiger partial charge < -0.3 is 15.3 Å². The molecule has 1 aromatic carbocycles. The molecule has 1 atom stereocenters. The average molecular weight is 262 g/mol. The topological polar surface area (TPSA) is 86.7 Å². The molecule has 100 valence electrons. The van der Waals surface area contributed by atoms with Gasteiger partial charge in [0, 0.05) is 18.8 Å². The molecule has 6 heteroatoms. The van der Waals surface area contributed by atoms with E-state index in [1.54, 1.807) is 31.2 Å². The second-order valence-corrected chi connectivity index (χ2v) is 4.33. The maximum absolute atomic E-state index is 11.8. The van der Waals surface area contributed by atoms with Crippen LogP contribution < -0.4 is 10.2 Å². The van der Waals surface area contributed by atoms with Gasteiger partial charge in [-0.2, -0.15) is 0 Å². The maximum Gasteiger partial charge on any atom is 0.316 e. The minimum atomic E-state index is -0.971. The number of benzene rings is 1. The SMILES string of the molecule is CC(C(=O)O)c1ccccc1N1CCNC(=O)C1=O. The Morgan fingerprint density at radius 3 is 2.74 bits per heavy atom. The van der Waals surface area contributed by atoms with Gasteiger partial charge >= 0.3 is 17.8 Å². The first-order chi connectivity index (χ1) is 9.02. The van der Waals surface area contributed by atoms with Crippen molar-refractivity contribution in [1.82, 2.24) is 5.32 Å². The summed E-state index contributed by atoms with van der Waals surface area (Å²) in [5.41, 5.74) is 1.01. The highest BCUT2D eigenvalue weighted by Gasteiger charge is 2.30. The molecule has 1 saturated heterocycles. The predicted molar refractivity (Wildman–Crippen MR) is 67.9 cm³/mol. The van der Waals surface area contributed by atoms with Gasteiger partial charge in [0.2, 0.25) is 0 Å². The first kappa shape index (κ1) is 13.1. The zero-order valence-electron chi connectivity index (χ0n) is 10.4. The Hall–Kier alpha value is -2.37. The van der Waals surface area contributed by atoms with E-state index < -0.39 is 23.7 Å². The van der Waals surface area contributed by atoms with E-state index in [0.29, 0.717) is 24.3 Å². The van der Waals surface area contributed by atoms with Crippen LogP contribution in [0.3, 0.4) is 0 Å². The van der Waals surface area contributed by atoms with Gasteiger partial charge in [-0.1, -0.05) is 18.2 Å². The van der Waals surface area contributed by atoms with Gasteiger partial charge in [0.15, 0.2) is 0 Å². The molecule has 0 saturated carbocycles. The number of nitrogens with zero attached hydrogens (tertiary/aromatic N) is 1. The van der Waals surface area contributed by atoms with E-state index >= 15 is 0 Å². The summed E-state index contributed by atoms with van der Waals surface area (Å²) in [4.78, 5) is 35.6. The number of hydrogen-bond acceptors (Lipinski definition) is 3. The monoisotopic (exact) mass is 262 g/mol. The number of para-hydroxylation sites is 1. The quantitative estimate of drug-likeness (QED) is 0.769. The van der Waals surface area contributed by atoms with E-state index in [-0.39, 0.29) is 0 Å². The summed E-state index contributed by atoms with van der Waals surface area (Å²) in [6.07, 6.45) is 0. The Morgan fingerprint density at radius 2 is 2.05 bits per heavy atom. The zero-order chi connectivity index (χ0) is 14.0. The number of aliphatic carboxylic acids is 1. The van der Waals surface area contributed by atoms with Crippen LogP contribution in [0.1, 0.15) is 18.4 Å². The normalized spacial score (nSPS) is 17.0. The van der Waals surface area contributed by atoms with E-state index in [9.17, 15) is 14.4 Å². The molecule has 0 spiro atoms. The highest BCUT2D eigenvalue weighted by Crippen LogP contribution is 2.28. The first-order valence-corrected chi connectivity index (χ1v) is 5.94. The molecule has 19 heavy (non-hydrogen) atoms. The third-order valence-corrected chi connectivity index (χ3v) is 3.12. The standard InChI is InChI=1S/C13H14N2O4/c1-8(13(18)19)9-4-2-3-5-10(9)15-7-6-14-11(16)12(15)17/h2-5,8H,6-7H2,1H3,(H,14,16)(H,18,19). The van der Waals surface area contributed by atoms with Crippen LogP contribution in [0.5, 0.6) is 0 Å². The molecule has 1 aliphatic heterocycles. The number of amides is 2. The Balaban J connectivity index is 2.42. The molecule has 1 aliphatic rings. The number of piperazine rings is 1. The van der Waals surface area contributed by atoms with Crippen LogP contribution >= 0.6 is 0 Å². The molecule has 2 N–H and O–H groups in total. The van der Waals surface area contributed by atoms with Crippen molar-refractivity contribution >= 4 is 23.5 Å². The fourth-order valence-corrected chi connectivity index (χ4v) is 2.04. The fourth-order valence-electron chi connectivity index (χ4n) is 2.04. The lowest BCUT2D eigenvalue weighted by molar-refractivity contribution is -0.138. The van der Waals surface area contributed by atoms with Crippen molar-refractivity contribution < 1.29 is 19.5 Å². The average Bonchev–Trinajstić information content (AvgIpc) is 2.41. The summed E-state index contributed by atoms with van der Waals surface area (Å²) in [6, 6.07) is 6.75. The van der Waals surface area contributed by atoms with Gasteiger partial charge in [0.05, 0.1) is 5.92 Å². The van der Waals surface area contributed by atoms with Crippen molar-refractivity contribution in [1.29, 1.82) is 0 Å². The summed E-state index contributed by atoms with van der Waals surface area (Å²) in [5, 5.41) is 11.5. The van der Waals surface area contributed by atoms with Crippen molar-refractivity contribution in [2.24, 2.45) is 0 Å². The summed E-state index contributed by atoms with van der Waals surface area (Å²) < 4.78 is 0. The molecule has 2 rings (SSSR count). The lowest BCUT2D eigenvalue weighted by atomic mass is 9.98. The third kappa shape index (κ3) is 2.42. The smallest absolute Gasteiger partial charge is 0.316 e. The van der Waals surface area contributed by atoms with Crippen molar-refractivity contribution in [2.75, 3.05) is 18.0 Å². The highest BCUT2D eigenvalue weighted by molar-refractivity contribution is 6.41. The molecule has 1 unspecified atom stereocenters. The minimum absolute atomic E-state index is 0.341. The molecule has 0 bridgehead atoms. The van der Waals surface area contributed by atoms with E-state index in [1.165, 1.54) is 4.90 Å². The Morgan fingerprint density at radius 1 is 1.37 bits per heavy atom. The minimum Gasteiger partial charge on any atom is -0.481 e. The molecular formula is C13H14N2O4. The molecule has 1 fully saturated rings. The van der Waals surface area contributed by atoms with Crippen LogP contribution in [0.25, 0.3) is 0 Å². The Kier molecular flexibility index (Phi) is 3.50. The fraction of sp³-hybridized carbons (Fsp3) is 0.308. The summed E-state index contributed by atoms with van der Waals surface area (Å²) in [6.45, 7) is 2.25. The van der Waals surface area contributed by atoms with E-state index in [1.807, 2.05) is 0 Å². The number of rotatable bonds is 3. The summed E-state index contributed by atoms with van der Waals surface area (Å²) in [7, 11) is 0. The van der Waals surface area contributed by atoms with Gasteiger partial charge in [-0.3, -0.25) is 14.4 Å². The number of carboxylic acids is 1. The summed E-state index contributed by atoms with van der Waals surface area (Å²) >= 11 is 0. The predicted octanol–water partition coefficient (Wildman–Crippen LogP) is 0.337. The van der Waals surface area contributed by atoms with Gasteiger partial charge in [0.1, 0.15) is 0 Å². The highest BCUT2D eigenvalue weighted by atomic mass is 16.4. The molecule has 0 radical (unpaired) electrons. The Labute approximate surface area is 110 Å². The number of hydrogen-bond donors (Lipinski definition) is 2. The number of carboxylic acid groups (broad SMARTS) is 1. The van der Waals surface area contributed by atoms with Crippen LogP contribution in [0, 0.1) is 0 Å². The molecule has 2 amide bonds. The number of carbonyl (C=O) groups is 3. The zero-order valence-corrected chi connectivity index (χ0v) is 10.4. The van der Waals surface area contributed by atoms with E-state index in [2.05, 4.69) is 5.32 Å². The number of carbonyl (C=O) groups excluding carboxylic acids is 2. The lowest BCUT2D eigenvalue weighted by Gasteiger charge is -2.29. The van der Waals surface area contributed by atoms with Crippen LogP contribution in [0.15, 0.2) is 24.3 Å². The van der Waals surface area contributed by atoms with Crippen LogP contribution in [0.2, 0.25) is 0 Å². The molecule has 0 aliphatic carbocycles. The molecule has 6 nitrogen and oxygen atoms in total. The first-order valence-electron chi connectivity index (χ1n) is 5.94. The van der Waals surface area contributed by atoms with Crippen molar-refractivity contribution in [2.45, 2.75) is 12.8 Å². The van der Waals surface area contributed by atoms with Crippen molar-refractivity contribution in [3.05, 3.63) is 29.8 Å². The van der Waals surface area contributed by atoms with Gasteiger partial charge in [-0.15, -0.1) is 0 Å². The van der Waals surface area contributed by atoms with E-state index in [4.69, 9.17) is 5.11 Å². The van der Waals surface area contributed by atoms with Gasteiger partial charge in [-0.25, -0.2) is 0 Å². The molecule has 1 heterocycles. The van der Waals surface area contributed by atoms with Crippen LogP contribution in [-0.4, -0.2) is 36.0 Å². The Bertz CT molecular complexity index is 541. The van der Waals surface area contributed by atoms with Gasteiger partial charge in [-0.05, 0) is 18.6 Å². The summed E-state index contributed by atoms with van der Waals surface area (Å²) in [5.74, 6) is -3.03. The van der Waals surface area contributed by atoms with Crippen LogP contribution in [-0.2, 0) is 14.4 Å². The van der Waals surface area contributed by atoms with Gasteiger partial charge in [0.25, 0.3) is 0 Å². The number of nitrogens with one attached hydrogen (secondary N) is 1. The molecule has 1 aromatic rings. The second-order valence-electron chi connectivity index (χ2n) is 4.33. The van der Waals surface area contributed by atoms with Crippen LogP contribution in [0.4, 0.5) is 5.69 Å². The third-order valence-electron chi connectivity index (χ3n) is 3.12.